The molecule has 1 aromatic rings. The zero-order chi connectivity index (χ0) is 15.0. The molecular formula is C15H27N3S. The molecule has 4 N–H and O–H groups in total. The Kier molecular flexibility index (Phi) is 8.35. The van der Waals surface area contributed by atoms with E-state index in [4.69, 9.17) is 11.3 Å². The third kappa shape index (κ3) is 4.48. The van der Waals surface area contributed by atoms with Crippen LogP contribution in [0.1, 0.15) is 49.4 Å². The predicted octanol–water partition coefficient (Wildman–Crippen LogP) is 4.51. The fourth-order valence-corrected chi connectivity index (χ4v) is 3.05. The van der Waals surface area contributed by atoms with Gasteiger partial charge in [-0.25, -0.2) is 0 Å². The lowest BCUT2D eigenvalue weighted by atomic mass is 10.0. The molecule has 1 heterocycles. The van der Waals surface area contributed by atoms with Crippen molar-refractivity contribution in [3.05, 3.63) is 28.0 Å². The Balaban J connectivity index is 0.00000154. The van der Waals surface area contributed by atoms with Crippen molar-refractivity contribution in [3.8, 4) is 0 Å². The van der Waals surface area contributed by atoms with Gasteiger partial charge in [0, 0.05) is 4.88 Å². The molecule has 0 saturated carbocycles. The average Bonchev–Trinajstić information content (AvgIpc) is 2.76. The second kappa shape index (κ2) is 8.88. The van der Waals surface area contributed by atoms with Crippen molar-refractivity contribution in [1.82, 2.24) is 0 Å². The number of rotatable bonds is 6. The van der Waals surface area contributed by atoms with Gasteiger partial charge in [-0.1, -0.05) is 40.7 Å². The van der Waals surface area contributed by atoms with Crippen molar-refractivity contribution in [3.63, 3.8) is 0 Å². The van der Waals surface area contributed by atoms with Crippen LogP contribution in [-0.4, -0.2) is 5.71 Å². The maximum absolute atomic E-state index is 7.86. The molecule has 0 bridgehead atoms. The summed E-state index contributed by atoms with van der Waals surface area (Å²) in [4.78, 5) is 2.20. The Hall–Kier alpha value is -1.13. The lowest BCUT2D eigenvalue weighted by Gasteiger charge is -2.07. The fourth-order valence-electron chi connectivity index (χ4n) is 1.67. The van der Waals surface area contributed by atoms with E-state index in [0.29, 0.717) is 11.6 Å². The third-order valence-corrected chi connectivity index (χ3v) is 4.42. The van der Waals surface area contributed by atoms with Crippen LogP contribution in [0.25, 0.3) is 0 Å². The van der Waals surface area contributed by atoms with E-state index in [9.17, 15) is 0 Å². The van der Waals surface area contributed by atoms with Gasteiger partial charge in [0.25, 0.3) is 0 Å². The first kappa shape index (κ1) is 17.9. The highest BCUT2D eigenvalue weighted by Gasteiger charge is 2.17. The van der Waals surface area contributed by atoms with E-state index in [0.717, 1.165) is 23.4 Å². The van der Waals surface area contributed by atoms with Gasteiger partial charge in [0.1, 0.15) is 0 Å². The highest BCUT2D eigenvalue weighted by Crippen LogP contribution is 2.34. The summed E-state index contributed by atoms with van der Waals surface area (Å²) in [5, 5.41) is 7.86. The van der Waals surface area contributed by atoms with E-state index < -0.39 is 0 Å². The van der Waals surface area contributed by atoms with Crippen molar-refractivity contribution >= 4 is 22.7 Å². The largest absolute Gasteiger partial charge is 0.322 e. The molecule has 1 aromatic heterocycles. The van der Waals surface area contributed by atoms with E-state index in [1.807, 2.05) is 13.8 Å². The van der Waals surface area contributed by atoms with Crippen molar-refractivity contribution in [1.29, 1.82) is 5.41 Å². The van der Waals surface area contributed by atoms with Crippen LogP contribution in [0.3, 0.4) is 0 Å². The summed E-state index contributed by atoms with van der Waals surface area (Å²) < 4.78 is 0. The van der Waals surface area contributed by atoms with Crippen molar-refractivity contribution in [2.24, 2.45) is 11.8 Å². The first-order valence-corrected chi connectivity index (χ1v) is 7.66. The van der Waals surface area contributed by atoms with Gasteiger partial charge in [-0.2, -0.15) is 0 Å². The molecule has 0 saturated heterocycles. The van der Waals surface area contributed by atoms with Crippen LogP contribution >= 0.6 is 11.3 Å². The number of nitrogens with two attached hydrogens (primary N) is 1. The van der Waals surface area contributed by atoms with Gasteiger partial charge in [0.05, 0.1) is 16.3 Å². The first-order valence-electron chi connectivity index (χ1n) is 6.85. The number of thiophene rings is 1. The fraction of sp³-hybridized carbons (Fsp3) is 0.533. The maximum Gasteiger partial charge on any atom is 0.0770 e. The summed E-state index contributed by atoms with van der Waals surface area (Å²) in [7, 11) is 0. The summed E-state index contributed by atoms with van der Waals surface area (Å²) in [6.45, 7) is 14.1. The van der Waals surface area contributed by atoms with Gasteiger partial charge < -0.3 is 5.43 Å². The van der Waals surface area contributed by atoms with Gasteiger partial charge in [0.15, 0.2) is 0 Å². The summed E-state index contributed by atoms with van der Waals surface area (Å²) >= 11 is 1.65. The van der Waals surface area contributed by atoms with Crippen LogP contribution < -0.4 is 11.3 Å². The molecule has 0 aliphatic rings. The van der Waals surface area contributed by atoms with Gasteiger partial charge in [-0.3, -0.25) is 11.3 Å². The van der Waals surface area contributed by atoms with Gasteiger partial charge in [-0.15, -0.1) is 11.3 Å². The predicted molar refractivity (Wildman–Crippen MR) is 88.4 cm³/mol. The van der Waals surface area contributed by atoms with Crippen LogP contribution in [0.2, 0.25) is 0 Å². The standard InChI is InChI=1S/C13H21N3S.C2H6/c1-5-8(3)7-11-9(4)12(16-15)13(17-11)10(14)6-2;1-2/h6,8,14,16H,2,5,7,15H2,1,3-4H3;1-2H3. The average molecular weight is 281 g/mol. The number of nitrogen functional groups attached to an aromatic ring is 1. The Morgan fingerprint density at radius 1 is 1.53 bits per heavy atom. The molecular weight excluding hydrogens is 254 g/mol. The van der Waals surface area contributed by atoms with E-state index in [-0.39, 0.29) is 0 Å². The molecule has 19 heavy (non-hydrogen) atoms. The zero-order valence-electron chi connectivity index (χ0n) is 12.8. The second-order valence-electron chi connectivity index (χ2n) is 4.33. The van der Waals surface area contributed by atoms with E-state index >= 15 is 0 Å². The van der Waals surface area contributed by atoms with Crippen molar-refractivity contribution in [2.75, 3.05) is 5.43 Å². The molecule has 108 valence electrons. The Morgan fingerprint density at radius 3 is 2.53 bits per heavy atom. The molecule has 1 rings (SSSR count). The maximum atomic E-state index is 7.86. The molecule has 0 fully saturated rings. The molecule has 0 aromatic carbocycles. The van der Waals surface area contributed by atoms with Crippen LogP contribution in [-0.2, 0) is 6.42 Å². The van der Waals surface area contributed by atoms with Gasteiger partial charge in [0.2, 0.25) is 0 Å². The minimum Gasteiger partial charge on any atom is -0.322 e. The van der Waals surface area contributed by atoms with Crippen LogP contribution in [0.15, 0.2) is 12.7 Å². The van der Waals surface area contributed by atoms with Crippen LogP contribution in [0.4, 0.5) is 5.69 Å². The smallest absolute Gasteiger partial charge is 0.0770 e. The number of anilines is 1. The molecule has 1 unspecified atom stereocenters. The molecule has 0 aliphatic carbocycles. The molecule has 0 spiro atoms. The Labute approximate surface area is 121 Å². The highest BCUT2D eigenvalue weighted by atomic mass is 32.1. The molecule has 0 amide bonds. The molecule has 4 heteroatoms. The van der Waals surface area contributed by atoms with Crippen LogP contribution in [0, 0.1) is 18.3 Å². The monoisotopic (exact) mass is 281 g/mol. The number of hydrogen-bond acceptors (Lipinski definition) is 4. The van der Waals surface area contributed by atoms with Crippen LogP contribution in [0.5, 0.6) is 0 Å². The van der Waals surface area contributed by atoms with E-state index in [2.05, 4.69) is 32.8 Å². The Bertz CT molecular complexity index is 421. The number of hydrazine groups is 1. The lowest BCUT2D eigenvalue weighted by Crippen LogP contribution is -2.10. The lowest BCUT2D eigenvalue weighted by molar-refractivity contribution is 0.564. The van der Waals surface area contributed by atoms with E-state index in [1.165, 1.54) is 10.4 Å². The van der Waals surface area contributed by atoms with Crippen molar-refractivity contribution < 1.29 is 0 Å². The summed E-state index contributed by atoms with van der Waals surface area (Å²) in [6.07, 6.45) is 3.77. The number of allylic oxidation sites excluding steroid dienone is 1. The third-order valence-electron chi connectivity index (χ3n) is 3.07. The molecule has 0 radical (unpaired) electrons. The zero-order valence-corrected chi connectivity index (χ0v) is 13.6. The summed E-state index contributed by atoms with van der Waals surface area (Å²) in [5.74, 6) is 6.20. The second-order valence-corrected chi connectivity index (χ2v) is 5.44. The quantitative estimate of drug-likeness (QED) is 0.408. The SMILES string of the molecule is C=CC(=N)c1sc(CC(C)CC)c(C)c1NN.CC. The minimum absolute atomic E-state index is 0.432. The first-order chi connectivity index (χ1) is 9.04. The Morgan fingerprint density at radius 2 is 2.11 bits per heavy atom. The van der Waals surface area contributed by atoms with Gasteiger partial charge in [-0.05, 0) is 30.9 Å². The van der Waals surface area contributed by atoms with E-state index in [1.54, 1.807) is 17.4 Å². The summed E-state index contributed by atoms with van der Waals surface area (Å²) in [6, 6.07) is 0. The summed E-state index contributed by atoms with van der Waals surface area (Å²) in [5.41, 5.74) is 5.18. The highest BCUT2D eigenvalue weighted by molar-refractivity contribution is 7.15. The normalized spacial score (nSPS) is 11.3. The van der Waals surface area contributed by atoms with Crippen molar-refractivity contribution in [2.45, 2.75) is 47.5 Å². The number of nitrogens with one attached hydrogen (secondary N) is 2. The topological polar surface area (TPSA) is 61.9 Å². The molecule has 3 nitrogen and oxygen atoms in total. The number of hydrogen-bond donors (Lipinski definition) is 3. The molecule has 0 aliphatic heterocycles. The molecule has 1 atom stereocenters. The minimum atomic E-state index is 0.432. The van der Waals surface area contributed by atoms with Gasteiger partial charge >= 0.3 is 0 Å².